The highest BCUT2D eigenvalue weighted by Crippen LogP contribution is 2.26. The van der Waals surface area contributed by atoms with E-state index in [-0.39, 0.29) is 17.5 Å². The molecule has 1 amide bonds. The fourth-order valence-electron chi connectivity index (χ4n) is 1.82. The highest BCUT2D eigenvalue weighted by molar-refractivity contribution is 5.95. The second-order valence-corrected chi connectivity index (χ2v) is 4.07. The summed E-state index contributed by atoms with van der Waals surface area (Å²) >= 11 is 0. The number of nitro benzene ring substituents is 1. The molecule has 0 aliphatic heterocycles. The standard InChI is InChI=1S/C12H12N2O4/c15-11-7-8(5-6-10(11)14(17)18)12(16)13-9-3-1-2-4-9/h1-2,5-7,9,15H,3-4H2,(H,13,16). The zero-order chi connectivity index (χ0) is 13.1. The topological polar surface area (TPSA) is 92.5 Å². The SMILES string of the molecule is O=C(NC1CC=CC1)c1ccc([N+](=O)[O-])c(O)c1. The number of nitrogens with zero attached hydrogens (tertiary/aromatic N) is 1. The summed E-state index contributed by atoms with van der Waals surface area (Å²) in [6, 6.07) is 3.62. The molecule has 2 rings (SSSR count). The van der Waals surface area contributed by atoms with Crippen LogP contribution in [0.4, 0.5) is 5.69 Å². The number of hydrogen-bond donors (Lipinski definition) is 2. The van der Waals surface area contributed by atoms with Crippen molar-refractivity contribution in [3.8, 4) is 5.75 Å². The van der Waals surface area contributed by atoms with Crippen molar-refractivity contribution in [2.75, 3.05) is 0 Å². The zero-order valence-electron chi connectivity index (χ0n) is 9.50. The molecular weight excluding hydrogens is 236 g/mol. The summed E-state index contributed by atoms with van der Waals surface area (Å²) < 4.78 is 0. The highest BCUT2D eigenvalue weighted by atomic mass is 16.6. The molecular formula is C12H12N2O4. The lowest BCUT2D eigenvalue weighted by Gasteiger charge is -2.11. The van der Waals surface area contributed by atoms with E-state index >= 15 is 0 Å². The average molecular weight is 248 g/mol. The Morgan fingerprint density at radius 2 is 2.06 bits per heavy atom. The lowest BCUT2D eigenvalue weighted by Crippen LogP contribution is -2.32. The van der Waals surface area contributed by atoms with Crippen molar-refractivity contribution in [3.63, 3.8) is 0 Å². The molecule has 1 aliphatic rings. The number of nitrogens with one attached hydrogen (secondary N) is 1. The van der Waals surface area contributed by atoms with Crippen molar-refractivity contribution in [3.05, 3.63) is 46.0 Å². The van der Waals surface area contributed by atoms with Crippen molar-refractivity contribution in [2.45, 2.75) is 18.9 Å². The first-order valence-electron chi connectivity index (χ1n) is 5.51. The second-order valence-electron chi connectivity index (χ2n) is 4.07. The van der Waals surface area contributed by atoms with Gasteiger partial charge >= 0.3 is 5.69 Å². The van der Waals surface area contributed by atoms with Gasteiger partial charge in [-0.2, -0.15) is 0 Å². The molecule has 1 aromatic rings. The van der Waals surface area contributed by atoms with Crippen molar-refractivity contribution in [1.29, 1.82) is 0 Å². The summed E-state index contributed by atoms with van der Waals surface area (Å²) in [4.78, 5) is 21.6. The Balaban J connectivity index is 2.11. The number of carbonyl (C=O) groups is 1. The van der Waals surface area contributed by atoms with E-state index in [1.807, 2.05) is 12.2 Å². The molecule has 0 fully saturated rings. The first-order valence-corrected chi connectivity index (χ1v) is 5.51. The van der Waals surface area contributed by atoms with Crippen molar-refractivity contribution >= 4 is 11.6 Å². The van der Waals surface area contributed by atoms with E-state index in [0.29, 0.717) is 0 Å². The molecule has 0 unspecified atom stereocenters. The molecule has 0 heterocycles. The molecule has 6 nitrogen and oxygen atoms in total. The summed E-state index contributed by atoms with van der Waals surface area (Å²) in [7, 11) is 0. The third-order valence-electron chi connectivity index (χ3n) is 2.78. The quantitative estimate of drug-likeness (QED) is 0.484. The number of amides is 1. The Morgan fingerprint density at radius 1 is 1.39 bits per heavy atom. The largest absolute Gasteiger partial charge is 0.502 e. The average Bonchev–Trinajstić information content (AvgIpc) is 2.81. The molecule has 18 heavy (non-hydrogen) atoms. The lowest BCUT2D eigenvalue weighted by molar-refractivity contribution is -0.385. The molecule has 6 heteroatoms. The number of aromatic hydroxyl groups is 1. The van der Waals surface area contributed by atoms with Gasteiger partial charge in [-0.15, -0.1) is 0 Å². The van der Waals surface area contributed by atoms with Crippen LogP contribution < -0.4 is 5.32 Å². The van der Waals surface area contributed by atoms with E-state index in [0.717, 1.165) is 25.0 Å². The minimum atomic E-state index is -0.697. The van der Waals surface area contributed by atoms with Gasteiger partial charge in [0.25, 0.3) is 5.91 Å². The number of phenols is 1. The van der Waals surface area contributed by atoms with Gasteiger partial charge in [0, 0.05) is 17.7 Å². The van der Waals surface area contributed by atoms with E-state index in [4.69, 9.17) is 0 Å². The maximum atomic E-state index is 11.8. The van der Waals surface area contributed by atoms with Crippen LogP contribution in [0.3, 0.4) is 0 Å². The highest BCUT2D eigenvalue weighted by Gasteiger charge is 2.18. The Hall–Kier alpha value is -2.37. The van der Waals surface area contributed by atoms with Gasteiger partial charge in [-0.25, -0.2) is 0 Å². The van der Waals surface area contributed by atoms with E-state index in [9.17, 15) is 20.0 Å². The third kappa shape index (κ3) is 2.48. The first-order chi connectivity index (χ1) is 8.58. The molecule has 1 aliphatic carbocycles. The van der Waals surface area contributed by atoms with Crippen LogP contribution in [0.5, 0.6) is 5.75 Å². The summed E-state index contributed by atoms with van der Waals surface area (Å²) in [5, 5.41) is 22.7. The minimum Gasteiger partial charge on any atom is -0.502 e. The second kappa shape index (κ2) is 4.87. The molecule has 0 aromatic heterocycles. The van der Waals surface area contributed by atoms with E-state index in [2.05, 4.69) is 5.32 Å². The molecule has 1 aromatic carbocycles. The predicted molar refractivity (Wildman–Crippen MR) is 64.4 cm³/mol. The maximum Gasteiger partial charge on any atom is 0.310 e. The maximum absolute atomic E-state index is 11.8. The van der Waals surface area contributed by atoms with Crippen molar-refractivity contribution < 1.29 is 14.8 Å². The molecule has 0 spiro atoms. The van der Waals surface area contributed by atoms with E-state index < -0.39 is 16.4 Å². The van der Waals surface area contributed by atoms with E-state index in [1.165, 1.54) is 6.07 Å². The van der Waals surface area contributed by atoms with Gasteiger partial charge in [0.1, 0.15) is 0 Å². The predicted octanol–water partition coefficient (Wildman–Crippen LogP) is 1.75. The van der Waals surface area contributed by atoms with Gasteiger partial charge in [0.15, 0.2) is 5.75 Å². The third-order valence-corrected chi connectivity index (χ3v) is 2.78. The number of carbonyl (C=O) groups excluding carboxylic acids is 1. The molecule has 2 N–H and O–H groups in total. The number of benzene rings is 1. The van der Waals surface area contributed by atoms with Crippen LogP contribution in [0.1, 0.15) is 23.2 Å². The van der Waals surface area contributed by atoms with Crippen LogP contribution >= 0.6 is 0 Å². The minimum absolute atomic E-state index is 0.0647. The van der Waals surface area contributed by atoms with Crippen molar-refractivity contribution in [1.82, 2.24) is 5.32 Å². The number of hydrogen-bond acceptors (Lipinski definition) is 4. The fourth-order valence-corrected chi connectivity index (χ4v) is 1.82. The lowest BCUT2D eigenvalue weighted by atomic mass is 10.1. The number of rotatable bonds is 3. The fraction of sp³-hybridized carbons (Fsp3) is 0.250. The van der Waals surface area contributed by atoms with Gasteiger partial charge in [-0.3, -0.25) is 14.9 Å². The van der Waals surface area contributed by atoms with Crippen LogP contribution in [-0.4, -0.2) is 22.0 Å². The van der Waals surface area contributed by atoms with Crippen molar-refractivity contribution in [2.24, 2.45) is 0 Å². The zero-order valence-corrected chi connectivity index (χ0v) is 9.50. The van der Waals surface area contributed by atoms with Gasteiger partial charge in [0.2, 0.25) is 0 Å². The first kappa shape index (κ1) is 12.1. The summed E-state index contributed by atoms with van der Waals surface area (Å²) in [6.45, 7) is 0. The monoisotopic (exact) mass is 248 g/mol. The van der Waals surface area contributed by atoms with Crippen LogP contribution in [-0.2, 0) is 0 Å². The molecule has 0 bridgehead atoms. The van der Waals surface area contributed by atoms with E-state index in [1.54, 1.807) is 0 Å². The normalized spacial score (nSPS) is 14.7. The van der Waals surface area contributed by atoms with Crippen LogP contribution in [0.25, 0.3) is 0 Å². The van der Waals surface area contributed by atoms with Crippen LogP contribution in [0, 0.1) is 10.1 Å². The summed E-state index contributed by atoms with van der Waals surface area (Å²) in [5.74, 6) is -0.842. The van der Waals surface area contributed by atoms with Gasteiger partial charge < -0.3 is 10.4 Å². The molecule has 94 valence electrons. The molecule has 0 radical (unpaired) electrons. The molecule has 0 atom stereocenters. The Labute approximate surface area is 103 Å². The number of phenolic OH excluding ortho intramolecular Hbond substituents is 1. The van der Waals surface area contributed by atoms with Crippen LogP contribution in [0.15, 0.2) is 30.4 Å². The van der Waals surface area contributed by atoms with Gasteiger partial charge in [0.05, 0.1) is 4.92 Å². The Bertz CT molecular complexity index is 517. The smallest absolute Gasteiger partial charge is 0.310 e. The Morgan fingerprint density at radius 3 is 2.61 bits per heavy atom. The Kier molecular flexibility index (Phi) is 3.27. The summed E-state index contributed by atoms with van der Waals surface area (Å²) in [6.07, 6.45) is 5.53. The molecule has 0 saturated heterocycles. The summed E-state index contributed by atoms with van der Waals surface area (Å²) in [5.41, 5.74) is -0.195. The number of nitro groups is 1. The van der Waals surface area contributed by atoms with Gasteiger partial charge in [-0.05, 0) is 25.0 Å². The van der Waals surface area contributed by atoms with Crippen LogP contribution in [0.2, 0.25) is 0 Å². The van der Waals surface area contributed by atoms with Gasteiger partial charge in [-0.1, -0.05) is 12.2 Å². The molecule has 0 saturated carbocycles.